The van der Waals surface area contributed by atoms with Crippen molar-refractivity contribution in [2.45, 2.75) is 25.0 Å². The molecule has 1 fully saturated rings. The summed E-state index contributed by atoms with van der Waals surface area (Å²) in [4.78, 5) is 14.5. The molecule has 4 nitrogen and oxygen atoms in total. The van der Waals surface area contributed by atoms with Crippen LogP contribution < -0.4 is 4.74 Å². The fourth-order valence-electron chi connectivity index (χ4n) is 3.98. The van der Waals surface area contributed by atoms with Gasteiger partial charge in [0.2, 0.25) is 5.60 Å². The highest BCUT2D eigenvalue weighted by molar-refractivity contribution is 5.78. The molecule has 0 amide bonds. The van der Waals surface area contributed by atoms with Crippen LogP contribution >= 0.6 is 0 Å². The molecule has 1 N–H and O–H groups in total. The molecule has 1 saturated heterocycles. The van der Waals surface area contributed by atoms with Gasteiger partial charge in [-0.2, -0.15) is 0 Å². The summed E-state index contributed by atoms with van der Waals surface area (Å²) in [6, 6.07) is 27.9. The maximum absolute atomic E-state index is 12.3. The molecule has 148 valence electrons. The van der Waals surface area contributed by atoms with E-state index in [1.54, 1.807) is 0 Å². The summed E-state index contributed by atoms with van der Waals surface area (Å²) in [6.07, 6.45) is 1.29. The molecular weight excluding hydrogens is 362 g/mol. The van der Waals surface area contributed by atoms with Gasteiger partial charge in [0, 0.05) is 19.5 Å². The molecule has 4 heteroatoms. The van der Waals surface area contributed by atoms with E-state index < -0.39 is 11.6 Å². The van der Waals surface area contributed by atoms with Crippen LogP contribution in [0.15, 0.2) is 84.9 Å². The van der Waals surface area contributed by atoms with Crippen molar-refractivity contribution in [1.29, 1.82) is 0 Å². The number of hydrogen-bond donors (Lipinski definition) is 1. The Morgan fingerprint density at radius 2 is 1.62 bits per heavy atom. The largest absolute Gasteiger partial charge is 0.478 e. The van der Waals surface area contributed by atoms with Gasteiger partial charge in [-0.1, -0.05) is 72.8 Å². The molecule has 3 aromatic rings. The molecule has 0 bridgehead atoms. The molecule has 0 aliphatic carbocycles. The Bertz CT molecular complexity index is 958. The summed E-state index contributed by atoms with van der Waals surface area (Å²) in [5, 5.41) is 10.1. The fourth-order valence-corrected chi connectivity index (χ4v) is 3.98. The predicted octanol–water partition coefficient (Wildman–Crippen LogP) is 4.85. The second kappa shape index (κ2) is 8.50. The summed E-state index contributed by atoms with van der Waals surface area (Å²) in [6.45, 7) is 1.97. The molecule has 1 heterocycles. The number of likely N-dealkylation sites (tertiary alicyclic amines) is 1. The first-order valence-corrected chi connectivity index (χ1v) is 9.99. The molecule has 3 aromatic carbocycles. The third-order valence-electron chi connectivity index (χ3n) is 5.43. The van der Waals surface area contributed by atoms with Crippen molar-refractivity contribution >= 4 is 5.97 Å². The van der Waals surface area contributed by atoms with Crippen molar-refractivity contribution in [1.82, 2.24) is 4.90 Å². The van der Waals surface area contributed by atoms with Crippen molar-refractivity contribution < 1.29 is 14.6 Å². The van der Waals surface area contributed by atoms with E-state index in [4.69, 9.17) is 4.74 Å². The van der Waals surface area contributed by atoms with Gasteiger partial charge in [-0.3, -0.25) is 4.90 Å². The number of aliphatic carboxylic acids is 1. The van der Waals surface area contributed by atoms with Crippen LogP contribution in [0.3, 0.4) is 0 Å². The lowest BCUT2D eigenvalue weighted by Crippen LogP contribution is -2.56. The number of hydrogen-bond acceptors (Lipinski definition) is 3. The zero-order valence-electron chi connectivity index (χ0n) is 16.3. The van der Waals surface area contributed by atoms with E-state index in [1.165, 1.54) is 5.56 Å². The van der Waals surface area contributed by atoms with Gasteiger partial charge >= 0.3 is 5.97 Å². The molecule has 1 aliphatic rings. The Kier molecular flexibility index (Phi) is 5.63. The summed E-state index contributed by atoms with van der Waals surface area (Å²) >= 11 is 0. The molecule has 0 aromatic heterocycles. The quantitative estimate of drug-likeness (QED) is 0.657. The lowest BCUT2D eigenvalue weighted by atomic mass is 9.92. The van der Waals surface area contributed by atoms with Crippen LogP contribution in [0.5, 0.6) is 5.75 Å². The van der Waals surface area contributed by atoms with E-state index in [0.717, 1.165) is 30.6 Å². The third-order valence-corrected chi connectivity index (χ3v) is 5.43. The number of carbonyl (C=O) groups is 1. The van der Waals surface area contributed by atoms with Gasteiger partial charge in [-0.25, -0.2) is 4.79 Å². The minimum Gasteiger partial charge on any atom is -0.478 e. The van der Waals surface area contributed by atoms with Gasteiger partial charge in [0.25, 0.3) is 0 Å². The summed E-state index contributed by atoms with van der Waals surface area (Å²) in [7, 11) is 0. The smallest absolute Gasteiger partial charge is 0.349 e. The SMILES string of the molecule is O=C(O)C1(Oc2cccc(-c3ccccc3)c2)CCCN(Cc2ccccc2)C1. The van der Waals surface area contributed by atoms with Crippen molar-refractivity contribution in [3.05, 3.63) is 90.5 Å². The van der Waals surface area contributed by atoms with Gasteiger partial charge in [-0.15, -0.1) is 0 Å². The molecule has 0 spiro atoms. The molecule has 1 unspecified atom stereocenters. The maximum Gasteiger partial charge on any atom is 0.349 e. The molecule has 0 saturated carbocycles. The minimum atomic E-state index is -1.23. The van der Waals surface area contributed by atoms with Gasteiger partial charge in [0.05, 0.1) is 0 Å². The second-order valence-electron chi connectivity index (χ2n) is 7.60. The Balaban J connectivity index is 1.55. The average Bonchev–Trinajstić information content (AvgIpc) is 2.75. The van der Waals surface area contributed by atoms with E-state index in [9.17, 15) is 9.90 Å². The molecule has 29 heavy (non-hydrogen) atoms. The molecule has 4 rings (SSSR count). The minimum absolute atomic E-state index is 0.368. The van der Waals surface area contributed by atoms with Crippen LogP contribution in [-0.2, 0) is 11.3 Å². The second-order valence-corrected chi connectivity index (χ2v) is 7.60. The maximum atomic E-state index is 12.3. The first-order valence-electron chi connectivity index (χ1n) is 9.99. The first-order chi connectivity index (χ1) is 14.1. The third kappa shape index (κ3) is 4.49. The van der Waals surface area contributed by atoms with Crippen molar-refractivity contribution in [2.24, 2.45) is 0 Å². The van der Waals surface area contributed by atoms with Crippen LogP contribution in [-0.4, -0.2) is 34.7 Å². The van der Waals surface area contributed by atoms with Crippen molar-refractivity contribution in [2.75, 3.05) is 13.1 Å². The average molecular weight is 387 g/mol. The topological polar surface area (TPSA) is 49.8 Å². The molecular formula is C25H25NO3. The van der Waals surface area contributed by atoms with Crippen LogP contribution in [0.2, 0.25) is 0 Å². The van der Waals surface area contributed by atoms with Crippen LogP contribution in [0, 0.1) is 0 Å². The van der Waals surface area contributed by atoms with E-state index in [1.807, 2.05) is 72.8 Å². The number of carboxylic acid groups (broad SMARTS) is 1. The van der Waals surface area contributed by atoms with Gasteiger partial charge in [0.1, 0.15) is 5.75 Å². The highest BCUT2D eigenvalue weighted by Crippen LogP contribution is 2.31. The zero-order chi connectivity index (χ0) is 20.1. The number of ether oxygens (including phenoxy) is 1. The van der Waals surface area contributed by atoms with Crippen LogP contribution in [0.25, 0.3) is 11.1 Å². The normalized spacial score (nSPS) is 19.6. The zero-order valence-corrected chi connectivity index (χ0v) is 16.3. The Labute approximate surface area is 171 Å². The standard InChI is InChI=1S/C25H25NO3/c27-24(28)25(15-8-16-26(19-25)18-20-9-3-1-4-10-20)29-23-14-7-13-22(17-23)21-11-5-2-6-12-21/h1-7,9-14,17H,8,15-16,18-19H2,(H,27,28). The van der Waals surface area contributed by atoms with E-state index >= 15 is 0 Å². The Morgan fingerprint density at radius 3 is 2.34 bits per heavy atom. The van der Waals surface area contributed by atoms with Crippen LogP contribution in [0.4, 0.5) is 0 Å². The molecule has 1 aliphatic heterocycles. The van der Waals surface area contributed by atoms with Gasteiger partial charge in [0.15, 0.2) is 0 Å². The van der Waals surface area contributed by atoms with E-state index in [-0.39, 0.29) is 0 Å². The monoisotopic (exact) mass is 387 g/mol. The number of carboxylic acids is 1. The van der Waals surface area contributed by atoms with Gasteiger partial charge in [-0.05, 0) is 41.8 Å². The Morgan fingerprint density at radius 1 is 0.931 bits per heavy atom. The van der Waals surface area contributed by atoms with Crippen molar-refractivity contribution in [3.63, 3.8) is 0 Å². The molecule has 1 atom stereocenters. The number of nitrogens with zero attached hydrogens (tertiary/aromatic N) is 1. The lowest BCUT2D eigenvalue weighted by molar-refractivity contribution is -0.160. The number of piperidine rings is 1. The highest BCUT2D eigenvalue weighted by atomic mass is 16.5. The van der Waals surface area contributed by atoms with Gasteiger partial charge < -0.3 is 9.84 Å². The Hall–Kier alpha value is -3.11. The predicted molar refractivity (Wildman–Crippen MR) is 114 cm³/mol. The summed E-state index contributed by atoms with van der Waals surface area (Å²) in [5.41, 5.74) is 2.04. The molecule has 0 radical (unpaired) electrons. The van der Waals surface area contributed by atoms with E-state index in [2.05, 4.69) is 17.0 Å². The number of rotatable bonds is 6. The van der Waals surface area contributed by atoms with Crippen LogP contribution in [0.1, 0.15) is 18.4 Å². The lowest BCUT2D eigenvalue weighted by Gasteiger charge is -2.40. The fraction of sp³-hybridized carbons (Fsp3) is 0.240. The van der Waals surface area contributed by atoms with Crippen molar-refractivity contribution in [3.8, 4) is 16.9 Å². The number of benzene rings is 3. The summed E-state index contributed by atoms with van der Waals surface area (Å²) < 4.78 is 6.19. The first kappa shape index (κ1) is 19.2. The summed E-state index contributed by atoms with van der Waals surface area (Å²) in [5.74, 6) is -0.310. The highest BCUT2D eigenvalue weighted by Gasteiger charge is 2.45. The van der Waals surface area contributed by atoms with E-state index in [0.29, 0.717) is 18.7 Å².